The third kappa shape index (κ3) is 7.59. The molecule has 0 bridgehead atoms. The van der Waals surface area contributed by atoms with Gasteiger partial charge >= 0.3 is 6.09 Å². The van der Waals surface area contributed by atoms with Gasteiger partial charge in [0.25, 0.3) is 0 Å². The molecule has 1 aliphatic heterocycles. The smallest absolute Gasteiger partial charge is 0.410 e. The molecule has 0 saturated carbocycles. The van der Waals surface area contributed by atoms with E-state index in [2.05, 4.69) is 4.90 Å². The highest BCUT2D eigenvalue weighted by molar-refractivity contribution is 5.69. The van der Waals surface area contributed by atoms with Crippen LogP contribution in [0.2, 0.25) is 0 Å². The van der Waals surface area contributed by atoms with Crippen molar-refractivity contribution in [3.8, 4) is 11.1 Å². The fourth-order valence-corrected chi connectivity index (χ4v) is 3.86. The maximum atomic E-state index is 14.0. The lowest BCUT2D eigenvalue weighted by Crippen LogP contribution is -2.43. The van der Waals surface area contributed by atoms with Crippen LogP contribution in [0.4, 0.5) is 18.0 Å². The lowest BCUT2D eigenvalue weighted by Gasteiger charge is -2.36. The molecule has 0 spiro atoms. The van der Waals surface area contributed by atoms with Gasteiger partial charge in [-0.3, -0.25) is 0 Å². The van der Waals surface area contributed by atoms with Crippen molar-refractivity contribution in [1.82, 2.24) is 9.80 Å². The second-order valence-corrected chi connectivity index (χ2v) is 8.80. The summed E-state index contributed by atoms with van der Waals surface area (Å²) in [6.07, 6.45) is 1.31. The van der Waals surface area contributed by atoms with Crippen LogP contribution in [0.25, 0.3) is 11.1 Å². The molecular weight excluding hydrogens is 453 g/mol. The summed E-state index contributed by atoms with van der Waals surface area (Å²) in [5, 5.41) is 0. The van der Waals surface area contributed by atoms with E-state index in [1.54, 1.807) is 35.2 Å². The molecule has 3 aromatic rings. The Bertz CT molecular complexity index is 1090. The predicted octanol–water partition coefficient (Wildman–Crippen LogP) is 6.68. The number of hydrogen-bond donors (Lipinski definition) is 0. The largest absolute Gasteiger partial charge is 0.446 e. The molecule has 186 valence electrons. The van der Waals surface area contributed by atoms with Crippen molar-refractivity contribution >= 4 is 6.09 Å². The summed E-state index contributed by atoms with van der Waals surface area (Å²) in [7, 11) is 4.00. The molecule has 1 aliphatic rings. The average Bonchev–Trinajstić information content (AvgIpc) is 2.83. The predicted molar refractivity (Wildman–Crippen MR) is 131 cm³/mol. The van der Waals surface area contributed by atoms with Crippen LogP contribution < -0.4 is 0 Å². The van der Waals surface area contributed by atoms with Crippen molar-refractivity contribution < 1.29 is 22.7 Å². The van der Waals surface area contributed by atoms with Gasteiger partial charge in [-0.15, -0.1) is 0 Å². The minimum atomic E-state index is -0.598. The molecule has 35 heavy (non-hydrogen) atoms. The highest BCUT2D eigenvalue weighted by Crippen LogP contribution is 2.29. The normalized spacial score (nSPS) is 16.4. The Labute approximate surface area is 204 Å². The number of benzene rings is 3. The van der Waals surface area contributed by atoms with Crippen LogP contribution >= 0.6 is 0 Å². The second-order valence-electron chi connectivity index (χ2n) is 8.80. The maximum Gasteiger partial charge on any atom is 0.410 e. The third-order valence-electron chi connectivity index (χ3n) is 5.93. The van der Waals surface area contributed by atoms with Gasteiger partial charge in [-0.05, 0) is 62.8 Å². The van der Waals surface area contributed by atoms with Gasteiger partial charge in [-0.2, -0.15) is 0 Å². The van der Waals surface area contributed by atoms with E-state index in [9.17, 15) is 18.0 Å². The molecule has 1 fully saturated rings. The van der Waals surface area contributed by atoms with Crippen LogP contribution in [0.3, 0.4) is 0 Å². The summed E-state index contributed by atoms with van der Waals surface area (Å²) < 4.78 is 44.6. The van der Waals surface area contributed by atoms with Gasteiger partial charge in [-0.25, -0.2) is 18.0 Å². The first-order chi connectivity index (χ1) is 16.7. The zero-order chi connectivity index (χ0) is 25.4. The number of carbonyl (C=O) groups excluding carboxylic acids is 1. The quantitative estimate of drug-likeness (QED) is 0.391. The number of rotatable bonds is 6. The molecule has 0 radical (unpaired) electrons. The first kappa shape index (κ1) is 26.3. The van der Waals surface area contributed by atoms with Crippen molar-refractivity contribution in [3.63, 3.8) is 0 Å². The summed E-state index contributed by atoms with van der Waals surface area (Å²) in [5.74, 6) is -1.37. The van der Waals surface area contributed by atoms with E-state index in [1.807, 2.05) is 33.2 Å². The third-order valence-corrected chi connectivity index (χ3v) is 5.93. The molecule has 3 aromatic carbocycles. The molecule has 0 N–H and O–H groups in total. The van der Waals surface area contributed by atoms with Crippen LogP contribution in [0.5, 0.6) is 0 Å². The Morgan fingerprint density at radius 2 is 1.66 bits per heavy atom. The molecule has 1 heterocycles. The first-order valence-corrected chi connectivity index (χ1v) is 11.6. The van der Waals surface area contributed by atoms with E-state index in [1.165, 1.54) is 24.3 Å². The molecule has 0 aliphatic carbocycles. The molecule has 1 amide bonds. The van der Waals surface area contributed by atoms with E-state index in [-0.39, 0.29) is 24.1 Å². The van der Waals surface area contributed by atoms with Crippen LogP contribution in [-0.2, 0) is 4.74 Å². The number of amides is 1. The van der Waals surface area contributed by atoms with Crippen molar-refractivity contribution in [2.45, 2.75) is 31.9 Å². The Hall–Kier alpha value is -3.32. The second kappa shape index (κ2) is 12.4. The minimum Gasteiger partial charge on any atom is -0.446 e. The monoisotopic (exact) mass is 484 g/mol. The number of nitrogens with zero attached hydrogens (tertiary/aromatic N) is 2. The Morgan fingerprint density at radius 1 is 0.971 bits per heavy atom. The molecule has 1 saturated heterocycles. The number of carbonyl (C=O) groups is 1. The first-order valence-electron chi connectivity index (χ1n) is 11.6. The molecule has 2 unspecified atom stereocenters. The van der Waals surface area contributed by atoms with Gasteiger partial charge in [0.05, 0.1) is 6.04 Å². The van der Waals surface area contributed by atoms with E-state index in [0.29, 0.717) is 17.7 Å². The number of hydrogen-bond acceptors (Lipinski definition) is 3. The summed E-state index contributed by atoms with van der Waals surface area (Å²) in [5.41, 5.74) is 1.95. The zero-order valence-electron chi connectivity index (χ0n) is 20.3. The van der Waals surface area contributed by atoms with Gasteiger partial charge < -0.3 is 14.5 Å². The van der Waals surface area contributed by atoms with Crippen LogP contribution in [-0.4, -0.2) is 49.2 Å². The summed E-state index contributed by atoms with van der Waals surface area (Å²) in [6.45, 7) is 3.48. The maximum absolute atomic E-state index is 14.0. The van der Waals surface area contributed by atoms with Crippen molar-refractivity contribution in [2.75, 3.05) is 27.2 Å². The van der Waals surface area contributed by atoms with Crippen LogP contribution in [0.1, 0.15) is 31.4 Å². The van der Waals surface area contributed by atoms with E-state index in [4.69, 9.17) is 4.74 Å². The molecule has 0 aromatic heterocycles. The van der Waals surface area contributed by atoms with Gasteiger partial charge in [0.15, 0.2) is 0 Å². The lowest BCUT2D eigenvalue weighted by molar-refractivity contribution is 0.00768. The minimum absolute atomic E-state index is 0.0397. The highest BCUT2D eigenvalue weighted by Gasteiger charge is 2.30. The number of halogens is 3. The molecule has 7 heteroatoms. The van der Waals surface area contributed by atoms with E-state index >= 15 is 0 Å². The van der Waals surface area contributed by atoms with Crippen LogP contribution in [0, 0.1) is 17.5 Å². The number of cyclic esters (lactones) is 1. The SMILES string of the molecule is CC(c1ccc(-c2ccc(F)cc2F)cc1)N1CCC(CCN(C)C)OC1=O.Fc1ccccc1. The van der Waals surface area contributed by atoms with Crippen molar-refractivity contribution in [3.05, 3.63) is 95.8 Å². The topological polar surface area (TPSA) is 32.8 Å². The lowest BCUT2D eigenvalue weighted by atomic mass is 10.00. The van der Waals surface area contributed by atoms with Gasteiger partial charge in [0.2, 0.25) is 0 Å². The Balaban J connectivity index is 0.000000420. The fourth-order valence-electron chi connectivity index (χ4n) is 3.86. The average molecular weight is 485 g/mol. The molecule has 4 rings (SSSR count). The van der Waals surface area contributed by atoms with E-state index < -0.39 is 11.6 Å². The number of ether oxygens (including phenoxy) is 1. The van der Waals surface area contributed by atoms with Gasteiger partial charge in [-0.1, -0.05) is 42.5 Å². The van der Waals surface area contributed by atoms with Crippen LogP contribution in [0.15, 0.2) is 72.8 Å². The standard InChI is InChI=1S/C22H26F2N2O2.C6H5F/c1-15(26-13-11-19(28-22(26)27)10-12-25(2)3)16-4-6-17(7-5-16)20-9-8-18(23)14-21(20)24;7-6-4-2-1-3-5-6/h4-9,14-15,19H,10-13H2,1-3H3;1-5H. The van der Waals surface area contributed by atoms with Crippen molar-refractivity contribution in [2.24, 2.45) is 0 Å². The van der Waals surface area contributed by atoms with Gasteiger partial charge in [0.1, 0.15) is 23.6 Å². The summed E-state index contributed by atoms with van der Waals surface area (Å²) in [4.78, 5) is 16.2. The van der Waals surface area contributed by atoms with Gasteiger partial charge in [0, 0.05) is 31.1 Å². The molecule has 4 nitrogen and oxygen atoms in total. The Kier molecular flexibility index (Phi) is 9.32. The highest BCUT2D eigenvalue weighted by atomic mass is 19.1. The Morgan fingerprint density at radius 3 is 2.20 bits per heavy atom. The van der Waals surface area contributed by atoms with E-state index in [0.717, 1.165) is 31.0 Å². The summed E-state index contributed by atoms with van der Waals surface area (Å²) >= 11 is 0. The van der Waals surface area contributed by atoms with Crippen molar-refractivity contribution in [1.29, 1.82) is 0 Å². The summed E-state index contributed by atoms with van der Waals surface area (Å²) in [6, 6.07) is 18.7. The molecular formula is C28H31F3N2O2. The fraction of sp³-hybridized carbons (Fsp3) is 0.321. The molecule has 2 atom stereocenters. The zero-order valence-corrected chi connectivity index (χ0v) is 20.3.